The van der Waals surface area contributed by atoms with Gasteiger partial charge < -0.3 is 20.3 Å². The molecule has 6 nitrogen and oxygen atoms in total. The minimum Gasteiger partial charge on any atom is -0.497 e. The van der Waals surface area contributed by atoms with Gasteiger partial charge in [0.05, 0.1) is 7.11 Å². The Hall–Kier alpha value is -3.02. The summed E-state index contributed by atoms with van der Waals surface area (Å²) in [6.45, 7) is 1.36. The highest BCUT2D eigenvalue weighted by molar-refractivity contribution is 5.89. The first-order valence-electron chi connectivity index (χ1n) is 9.67. The minimum atomic E-state index is -0.199. The number of carbonyl (C=O) groups is 2. The van der Waals surface area contributed by atoms with E-state index >= 15 is 0 Å². The van der Waals surface area contributed by atoms with Crippen LogP contribution in [0.25, 0.3) is 0 Å². The zero-order chi connectivity index (χ0) is 19.8. The van der Waals surface area contributed by atoms with Crippen LogP contribution in [0.5, 0.6) is 5.75 Å². The maximum atomic E-state index is 12.5. The summed E-state index contributed by atoms with van der Waals surface area (Å²) in [6, 6.07) is 17.1. The van der Waals surface area contributed by atoms with Gasteiger partial charge in [0.2, 0.25) is 5.91 Å². The Kier molecular flexibility index (Phi) is 6.89. The Bertz CT molecular complexity index is 769. The van der Waals surface area contributed by atoms with Crippen molar-refractivity contribution in [2.75, 3.05) is 25.5 Å². The molecule has 0 bridgehead atoms. The van der Waals surface area contributed by atoms with E-state index in [1.807, 2.05) is 59.5 Å². The lowest BCUT2D eigenvalue weighted by Gasteiger charge is -2.32. The highest BCUT2D eigenvalue weighted by Crippen LogP contribution is 2.15. The number of rotatable bonds is 6. The van der Waals surface area contributed by atoms with Crippen LogP contribution in [0.2, 0.25) is 0 Å². The quantitative estimate of drug-likeness (QED) is 0.805. The van der Waals surface area contributed by atoms with Gasteiger partial charge in [0, 0.05) is 31.2 Å². The third-order valence-electron chi connectivity index (χ3n) is 5.00. The van der Waals surface area contributed by atoms with E-state index in [1.165, 1.54) is 0 Å². The molecule has 2 N–H and O–H groups in total. The number of carbonyl (C=O) groups excluding carboxylic acids is 2. The number of methoxy groups -OCH3 is 1. The van der Waals surface area contributed by atoms with Crippen molar-refractivity contribution in [3.05, 3.63) is 60.2 Å². The second kappa shape index (κ2) is 9.78. The summed E-state index contributed by atoms with van der Waals surface area (Å²) in [7, 11) is 1.64. The van der Waals surface area contributed by atoms with E-state index in [-0.39, 0.29) is 18.0 Å². The molecule has 3 rings (SSSR count). The standard InChI is InChI=1S/C22H27N3O3/c1-28-20-10-7-17(8-11-20)9-12-21(26)25-15-13-19(14-16-25)24-22(27)23-18-5-3-2-4-6-18/h2-8,10-11,19H,9,12-16H2,1H3,(H2,23,24,27). The molecule has 148 valence electrons. The third kappa shape index (κ3) is 5.74. The largest absolute Gasteiger partial charge is 0.497 e. The Morgan fingerprint density at radius 2 is 1.71 bits per heavy atom. The van der Waals surface area contributed by atoms with E-state index in [0.717, 1.165) is 36.3 Å². The Balaban J connectivity index is 1.38. The van der Waals surface area contributed by atoms with E-state index in [2.05, 4.69) is 10.6 Å². The van der Waals surface area contributed by atoms with E-state index in [9.17, 15) is 9.59 Å². The summed E-state index contributed by atoms with van der Waals surface area (Å²) >= 11 is 0. The molecule has 0 atom stereocenters. The number of ether oxygens (including phenoxy) is 1. The van der Waals surface area contributed by atoms with Crippen LogP contribution in [0.3, 0.4) is 0 Å². The molecule has 1 fully saturated rings. The highest BCUT2D eigenvalue weighted by atomic mass is 16.5. The van der Waals surface area contributed by atoms with Crippen LogP contribution in [0.1, 0.15) is 24.8 Å². The number of piperidine rings is 1. The van der Waals surface area contributed by atoms with Crippen molar-refractivity contribution in [3.8, 4) is 5.75 Å². The monoisotopic (exact) mass is 381 g/mol. The lowest BCUT2D eigenvalue weighted by Crippen LogP contribution is -2.47. The minimum absolute atomic E-state index is 0.0920. The van der Waals surface area contributed by atoms with Crippen molar-refractivity contribution >= 4 is 17.6 Å². The highest BCUT2D eigenvalue weighted by Gasteiger charge is 2.23. The maximum absolute atomic E-state index is 12.5. The summed E-state index contributed by atoms with van der Waals surface area (Å²) < 4.78 is 5.15. The molecule has 2 aromatic rings. The number of hydrogen-bond donors (Lipinski definition) is 2. The first-order chi connectivity index (χ1) is 13.6. The molecule has 6 heteroatoms. The number of aryl methyl sites for hydroxylation is 1. The van der Waals surface area contributed by atoms with E-state index in [0.29, 0.717) is 19.5 Å². The summed E-state index contributed by atoms with van der Waals surface area (Å²) in [4.78, 5) is 26.5. The second-order valence-electron chi connectivity index (χ2n) is 6.97. The smallest absolute Gasteiger partial charge is 0.319 e. The second-order valence-corrected chi connectivity index (χ2v) is 6.97. The fourth-order valence-electron chi connectivity index (χ4n) is 3.35. The molecule has 0 aliphatic carbocycles. The van der Waals surface area contributed by atoms with Gasteiger partial charge in [0.15, 0.2) is 0 Å². The van der Waals surface area contributed by atoms with Crippen molar-refractivity contribution in [1.29, 1.82) is 0 Å². The van der Waals surface area contributed by atoms with Crippen LogP contribution < -0.4 is 15.4 Å². The molecule has 1 saturated heterocycles. The van der Waals surface area contributed by atoms with Gasteiger partial charge in [0.1, 0.15) is 5.75 Å². The summed E-state index contributed by atoms with van der Waals surface area (Å²) in [5.41, 5.74) is 1.90. The van der Waals surface area contributed by atoms with Gasteiger partial charge in [-0.25, -0.2) is 4.79 Å². The predicted molar refractivity (Wildman–Crippen MR) is 110 cm³/mol. The Labute approximate surface area is 165 Å². The number of likely N-dealkylation sites (tertiary alicyclic amines) is 1. The fraction of sp³-hybridized carbons (Fsp3) is 0.364. The van der Waals surface area contributed by atoms with Gasteiger partial charge in [0.25, 0.3) is 0 Å². The molecule has 2 aromatic carbocycles. The van der Waals surface area contributed by atoms with Crippen molar-refractivity contribution in [2.24, 2.45) is 0 Å². The number of para-hydroxylation sites is 1. The lowest BCUT2D eigenvalue weighted by atomic mass is 10.0. The lowest BCUT2D eigenvalue weighted by molar-refractivity contribution is -0.132. The Morgan fingerprint density at radius 1 is 1.04 bits per heavy atom. The van der Waals surface area contributed by atoms with Gasteiger partial charge in [-0.15, -0.1) is 0 Å². The number of nitrogens with one attached hydrogen (secondary N) is 2. The van der Waals surface area contributed by atoms with E-state index < -0.39 is 0 Å². The van der Waals surface area contributed by atoms with Gasteiger partial charge >= 0.3 is 6.03 Å². The molecule has 0 saturated carbocycles. The number of nitrogens with zero attached hydrogens (tertiary/aromatic N) is 1. The van der Waals surface area contributed by atoms with Crippen LogP contribution in [0.15, 0.2) is 54.6 Å². The van der Waals surface area contributed by atoms with Crippen molar-refractivity contribution in [2.45, 2.75) is 31.7 Å². The predicted octanol–water partition coefficient (Wildman–Crippen LogP) is 3.44. The number of anilines is 1. The van der Waals surface area contributed by atoms with Crippen molar-refractivity contribution in [3.63, 3.8) is 0 Å². The fourth-order valence-corrected chi connectivity index (χ4v) is 3.35. The summed E-state index contributed by atoms with van der Waals surface area (Å²) in [5, 5.41) is 5.83. The topological polar surface area (TPSA) is 70.7 Å². The third-order valence-corrected chi connectivity index (χ3v) is 5.00. The Morgan fingerprint density at radius 3 is 2.36 bits per heavy atom. The van der Waals surface area contributed by atoms with Gasteiger partial charge in [-0.2, -0.15) is 0 Å². The molecular weight excluding hydrogens is 354 g/mol. The molecule has 0 aromatic heterocycles. The summed E-state index contributed by atoms with van der Waals surface area (Å²) in [6.07, 6.45) is 2.77. The average molecular weight is 381 g/mol. The van der Waals surface area contributed by atoms with Crippen LogP contribution in [0, 0.1) is 0 Å². The molecule has 28 heavy (non-hydrogen) atoms. The molecule has 1 aliphatic heterocycles. The molecule has 0 spiro atoms. The molecule has 0 unspecified atom stereocenters. The molecule has 1 aliphatic rings. The van der Waals surface area contributed by atoms with Gasteiger partial charge in [-0.3, -0.25) is 4.79 Å². The van der Waals surface area contributed by atoms with Crippen LogP contribution in [-0.4, -0.2) is 43.1 Å². The van der Waals surface area contributed by atoms with E-state index in [1.54, 1.807) is 7.11 Å². The number of hydrogen-bond acceptors (Lipinski definition) is 3. The molecule has 0 radical (unpaired) electrons. The summed E-state index contributed by atoms with van der Waals surface area (Å²) in [5.74, 6) is 0.990. The van der Waals surface area contributed by atoms with Gasteiger partial charge in [-0.05, 0) is 49.1 Å². The van der Waals surface area contributed by atoms with Crippen molar-refractivity contribution < 1.29 is 14.3 Å². The van der Waals surface area contributed by atoms with Gasteiger partial charge in [-0.1, -0.05) is 30.3 Å². The van der Waals surface area contributed by atoms with Crippen LogP contribution in [-0.2, 0) is 11.2 Å². The molecule has 1 heterocycles. The molecular formula is C22H27N3O3. The molecule has 3 amide bonds. The average Bonchev–Trinajstić information content (AvgIpc) is 2.73. The van der Waals surface area contributed by atoms with Crippen LogP contribution >= 0.6 is 0 Å². The number of urea groups is 1. The first-order valence-corrected chi connectivity index (χ1v) is 9.67. The SMILES string of the molecule is COc1ccc(CCC(=O)N2CCC(NC(=O)Nc3ccccc3)CC2)cc1. The first kappa shape index (κ1) is 19.7. The zero-order valence-corrected chi connectivity index (χ0v) is 16.2. The number of benzene rings is 2. The van der Waals surface area contributed by atoms with E-state index in [4.69, 9.17) is 4.74 Å². The normalized spacial score (nSPS) is 14.4. The zero-order valence-electron chi connectivity index (χ0n) is 16.2. The number of amides is 3. The maximum Gasteiger partial charge on any atom is 0.319 e. The van der Waals surface area contributed by atoms with Crippen molar-refractivity contribution in [1.82, 2.24) is 10.2 Å². The van der Waals surface area contributed by atoms with Crippen LogP contribution in [0.4, 0.5) is 10.5 Å².